The second-order valence-corrected chi connectivity index (χ2v) is 3.15. The SMILES string of the molecule is C#CCC(=O)NC(C(=O)O)C(C)CC. The summed E-state index contributed by atoms with van der Waals surface area (Å²) in [5, 5.41) is 11.2. The Morgan fingerprint density at radius 1 is 1.57 bits per heavy atom. The lowest BCUT2D eigenvalue weighted by molar-refractivity contribution is -0.143. The summed E-state index contributed by atoms with van der Waals surface area (Å²) in [5.74, 6) is 0.621. The van der Waals surface area contributed by atoms with E-state index >= 15 is 0 Å². The molecule has 0 aliphatic rings. The summed E-state index contributed by atoms with van der Waals surface area (Å²) in [5.41, 5.74) is 0. The summed E-state index contributed by atoms with van der Waals surface area (Å²) in [4.78, 5) is 21.8. The van der Waals surface area contributed by atoms with Crippen LogP contribution in [0.3, 0.4) is 0 Å². The molecular weight excluding hydrogens is 182 g/mol. The first kappa shape index (κ1) is 12.5. The lowest BCUT2D eigenvalue weighted by Crippen LogP contribution is -2.44. The van der Waals surface area contributed by atoms with E-state index in [1.165, 1.54) is 0 Å². The van der Waals surface area contributed by atoms with E-state index in [2.05, 4.69) is 11.2 Å². The first-order valence-corrected chi connectivity index (χ1v) is 4.48. The second kappa shape index (κ2) is 6.03. The van der Waals surface area contributed by atoms with Crippen LogP contribution >= 0.6 is 0 Å². The molecule has 2 N–H and O–H groups in total. The van der Waals surface area contributed by atoms with E-state index in [0.717, 1.165) is 0 Å². The maximum atomic E-state index is 11.1. The van der Waals surface area contributed by atoms with Crippen molar-refractivity contribution in [1.82, 2.24) is 5.32 Å². The van der Waals surface area contributed by atoms with Crippen LogP contribution in [0.15, 0.2) is 0 Å². The van der Waals surface area contributed by atoms with Crippen LogP contribution in [0.5, 0.6) is 0 Å². The highest BCUT2D eigenvalue weighted by Crippen LogP contribution is 2.07. The predicted octanol–water partition coefficient (Wildman–Crippen LogP) is 0.625. The van der Waals surface area contributed by atoms with Crippen LogP contribution in [0.25, 0.3) is 0 Å². The van der Waals surface area contributed by atoms with Crippen LogP contribution in [-0.2, 0) is 9.59 Å². The number of rotatable bonds is 5. The maximum absolute atomic E-state index is 11.1. The summed E-state index contributed by atoms with van der Waals surface area (Å²) < 4.78 is 0. The van der Waals surface area contributed by atoms with Gasteiger partial charge in [0.15, 0.2) is 0 Å². The van der Waals surface area contributed by atoms with Gasteiger partial charge in [0.2, 0.25) is 5.91 Å². The zero-order valence-electron chi connectivity index (χ0n) is 8.41. The Labute approximate surface area is 83.7 Å². The molecule has 0 fully saturated rings. The molecule has 2 unspecified atom stereocenters. The van der Waals surface area contributed by atoms with Gasteiger partial charge in [-0.05, 0) is 5.92 Å². The molecule has 0 aromatic rings. The average Bonchev–Trinajstić information content (AvgIpc) is 2.13. The Morgan fingerprint density at radius 2 is 2.14 bits per heavy atom. The van der Waals surface area contributed by atoms with Gasteiger partial charge in [-0.25, -0.2) is 4.79 Å². The van der Waals surface area contributed by atoms with Crippen LogP contribution in [0, 0.1) is 18.3 Å². The van der Waals surface area contributed by atoms with Gasteiger partial charge in [-0.1, -0.05) is 26.2 Å². The van der Waals surface area contributed by atoms with Crippen LogP contribution in [0.4, 0.5) is 0 Å². The average molecular weight is 197 g/mol. The van der Waals surface area contributed by atoms with Gasteiger partial charge in [-0.15, -0.1) is 6.42 Å². The quantitative estimate of drug-likeness (QED) is 0.635. The number of terminal acetylenes is 1. The molecule has 0 radical (unpaired) electrons. The fourth-order valence-corrected chi connectivity index (χ4v) is 1.00. The Balaban J connectivity index is 4.32. The van der Waals surface area contributed by atoms with Gasteiger partial charge < -0.3 is 10.4 Å². The van der Waals surface area contributed by atoms with E-state index in [0.29, 0.717) is 6.42 Å². The molecule has 0 saturated heterocycles. The number of carbonyl (C=O) groups excluding carboxylic acids is 1. The standard InChI is InChI=1S/C10H15NO3/c1-4-6-8(12)11-9(10(13)14)7(3)5-2/h1,7,9H,5-6H2,2-3H3,(H,11,12)(H,13,14). The zero-order chi connectivity index (χ0) is 11.1. The molecule has 2 atom stereocenters. The molecule has 0 aliphatic carbocycles. The highest BCUT2D eigenvalue weighted by molar-refractivity contribution is 5.84. The number of nitrogens with one attached hydrogen (secondary N) is 1. The van der Waals surface area contributed by atoms with Crippen molar-refractivity contribution >= 4 is 11.9 Å². The highest BCUT2D eigenvalue weighted by atomic mass is 16.4. The molecule has 78 valence electrons. The minimum Gasteiger partial charge on any atom is -0.480 e. The van der Waals surface area contributed by atoms with E-state index in [1.807, 2.05) is 6.92 Å². The van der Waals surface area contributed by atoms with Crippen LogP contribution in [-0.4, -0.2) is 23.0 Å². The molecule has 0 heterocycles. The third-order valence-electron chi connectivity index (χ3n) is 2.06. The molecule has 0 aromatic carbocycles. The van der Waals surface area contributed by atoms with Crippen molar-refractivity contribution in [2.24, 2.45) is 5.92 Å². The van der Waals surface area contributed by atoms with Crippen LogP contribution in [0.2, 0.25) is 0 Å². The number of carboxylic acid groups (broad SMARTS) is 1. The monoisotopic (exact) mass is 197 g/mol. The van der Waals surface area contributed by atoms with Crippen molar-refractivity contribution in [2.45, 2.75) is 32.7 Å². The van der Waals surface area contributed by atoms with Gasteiger partial charge in [-0.2, -0.15) is 0 Å². The van der Waals surface area contributed by atoms with Gasteiger partial charge in [0.25, 0.3) is 0 Å². The Hall–Kier alpha value is -1.50. The van der Waals surface area contributed by atoms with Crippen LogP contribution in [0.1, 0.15) is 26.7 Å². The topological polar surface area (TPSA) is 66.4 Å². The van der Waals surface area contributed by atoms with Crippen molar-refractivity contribution in [3.8, 4) is 12.3 Å². The summed E-state index contributed by atoms with van der Waals surface area (Å²) in [7, 11) is 0. The van der Waals surface area contributed by atoms with E-state index < -0.39 is 17.9 Å². The third-order valence-corrected chi connectivity index (χ3v) is 2.06. The molecule has 4 nitrogen and oxygen atoms in total. The van der Waals surface area contributed by atoms with Crippen molar-refractivity contribution in [3.05, 3.63) is 0 Å². The van der Waals surface area contributed by atoms with Crippen molar-refractivity contribution < 1.29 is 14.7 Å². The van der Waals surface area contributed by atoms with E-state index in [1.54, 1.807) is 6.92 Å². The number of carboxylic acids is 1. The maximum Gasteiger partial charge on any atom is 0.326 e. The number of hydrogen-bond acceptors (Lipinski definition) is 2. The smallest absolute Gasteiger partial charge is 0.326 e. The van der Waals surface area contributed by atoms with Gasteiger partial charge in [-0.3, -0.25) is 4.79 Å². The molecule has 1 amide bonds. The zero-order valence-corrected chi connectivity index (χ0v) is 8.41. The normalized spacial score (nSPS) is 13.8. The first-order valence-electron chi connectivity index (χ1n) is 4.48. The van der Waals surface area contributed by atoms with Crippen molar-refractivity contribution in [3.63, 3.8) is 0 Å². The fraction of sp³-hybridized carbons (Fsp3) is 0.600. The molecule has 14 heavy (non-hydrogen) atoms. The molecule has 0 aliphatic heterocycles. The summed E-state index contributed by atoms with van der Waals surface area (Å²) in [6.45, 7) is 3.64. The Bertz CT molecular complexity index is 255. The predicted molar refractivity (Wildman–Crippen MR) is 52.5 cm³/mol. The Kier molecular flexibility index (Phi) is 5.38. The van der Waals surface area contributed by atoms with Gasteiger partial charge in [0.1, 0.15) is 6.04 Å². The summed E-state index contributed by atoms with van der Waals surface area (Å²) in [6.07, 6.45) is 5.54. The molecule has 0 spiro atoms. The van der Waals surface area contributed by atoms with Gasteiger partial charge in [0.05, 0.1) is 6.42 Å². The number of amides is 1. The van der Waals surface area contributed by atoms with Crippen LogP contribution < -0.4 is 5.32 Å². The Morgan fingerprint density at radius 3 is 2.50 bits per heavy atom. The molecule has 0 saturated carbocycles. The fourth-order valence-electron chi connectivity index (χ4n) is 1.00. The van der Waals surface area contributed by atoms with E-state index in [9.17, 15) is 9.59 Å². The molecule has 0 rings (SSSR count). The molecule has 4 heteroatoms. The largest absolute Gasteiger partial charge is 0.480 e. The minimum atomic E-state index is -1.02. The summed E-state index contributed by atoms with van der Waals surface area (Å²) in [6, 6.07) is -0.846. The van der Waals surface area contributed by atoms with Gasteiger partial charge in [0, 0.05) is 0 Å². The molecular formula is C10H15NO3. The molecule has 0 bridgehead atoms. The number of aliphatic carboxylic acids is 1. The minimum absolute atomic E-state index is 0.0831. The lowest BCUT2D eigenvalue weighted by Gasteiger charge is -2.19. The molecule has 0 aromatic heterocycles. The van der Waals surface area contributed by atoms with Crippen molar-refractivity contribution in [1.29, 1.82) is 0 Å². The third kappa shape index (κ3) is 3.94. The number of carbonyl (C=O) groups is 2. The van der Waals surface area contributed by atoms with Crippen molar-refractivity contribution in [2.75, 3.05) is 0 Å². The van der Waals surface area contributed by atoms with E-state index in [-0.39, 0.29) is 12.3 Å². The van der Waals surface area contributed by atoms with Gasteiger partial charge >= 0.3 is 5.97 Å². The number of hydrogen-bond donors (Lipinski definition) is 2. The first-order chi connectivity index (χ1) is 6.52. The summed E-state index contributed by atoms with van der Waals surface area (Å²) >= 11 is 0. The highest BCUT2D eigenvalue weighted by Gasteiger charge is 2.24. The van der Waals surface area contributed by atoms with E-state index in [4.69, 9.17) is 11.5 Å². The lowest BCUT2D eigenvalue weighted by atomic mass is 9.99. The second-order valence-electron chi connectivity index (χ2n) is 3.15.